The lowest BCUT2D eigenvalue weighted by atomic mass is 10.1. The second kappa shape index (κ2) is 8.37. The van der Waals surface area contributed by atoms with Crippen molar-refractivity contribution in [3.63, 3.8) is 0 Å². The molecule has 1 aliphatic rings. The quantitative estimate of drug-likeness (QED) is 0.555. The van der Waals surface area contributed by atoms with Gasteiger partial charge in [0.1, 0.15) is 0 Å². The van der Waals surface area contributed by atoms with Crippen LogP contribution in [0.5, 0.6) is 5.75 Å². The van der Waals surface area contributed by atoms with Crippen LogP contribution >= 0.6 is 11.3 Å². The molecule has 1 aromatic heterocycles. The Morgan fingerprint density at radius 3 is 2.68 bits per heavy atom. The summed E-state index contributed by atoms with van der Waals surface area (Å²) in [5.74, 6) is -0.844. The van der Waals surface area contributed by atoms with Crippen molar-refractivity contribution >= 4 is 32.4 Å². The number of anilines is 1. The van der Waals surface area contributed by atoms with Crippen LogP contribution in [-0.2, 0) is 10.0 Å². The van der Waals surface area contributed by atoms with Gasteiger partial charge in [0.05, 0.1) is 17.7 Å². The molecule has 2 aromatic carbocycles. The van der Waals surface area contributed by atoms with Gasteiger partial charge in [0, 0.05) is 22.5 Å². The number of hydrogen-bond donors (Lipinski definition) is 2. The zero-order chi connectivity index (χ0) is 22.2. The molecule has 0 atom stereocenters. The largest absolute Gasteiger partial charge is 0.494 e. The minimum atomic E-state index is -3.67. The maximum Gasteiger partial charge on any atom is 0.257 e. The summed E-state index contributed by atoms with van der Waals surface area (Å²) in [4.78, 5) is 17.2. The Kier molecular flexibility index (Phi) is 5.78. The Balaban J connectivity index is 1.54. The summed E-state index contributed by atoms with van der Waals surface area (Å²) in [5, 5.41) is 4.71. The highest BCUT2D eigenvalue weighted by atomic mass is 32.2. The summed E-state index contributed by atoms with van der Waals surface area (Å²) < 4.78 is 46.4. The lowest BCUT2D eigenvalue weighted by molar-refractivity contribution is 0.102. The second-order valence-electron chi connectivity index (χ2n) is 7.21. The Morgan fingerprint density at radius 1 is 1.23 bits per heavy atom. The summed E-state index contributed by atoms with van der Waals surface area (Å²) in [7, 11) is -2.29. The van der Waals surface area contributed by atoms with Gasteiger partial charge in [-0.1, -0.05) is 6.07 Å². The summed E-state index contributed by atoms with van der Waals surface area (Å²) in [6.45, 7) is 1.73. The summed E-state index contributed by atoms with van der Waals surface area (Å²) in [6, 6.07) is 8.91. The predicted octanol–water partition coefficient (Wildman–Crippen LogP) is 3.96. The number of ether oxygens (including phenoxy) is 1. The minimum absolute atomic E-state index is 0.0277. The number of benzene rings is 2. The molecule has 1 aliphatic carbocycles. The molecule has 0 bridgehead atoms. The molecule has 3 aromatic rings. The first-order valence-electron chi connectivity index (χ1n) is 9.50. The van der Waals surface area contributed by atoms with Crippen molar-refractivity contribution < 1.29 is 22.3 Å². The first kappa shape index (κ1) is 21.4. The van der Waals surface area contributed by atoms with E-state index in [0.717, 1.165) is 12.8 Å². The van der Waals surface area contributed by atoms with Gasteiger partial charge in [-0.3, -0.25) is 10.1 Å². The Morgan fingerprint density at radius 2 is 2.00 bits per heavy atom. The van der Waals surface area contributed by atoms with Crippen molar-refractivity contribution in [2.24, 2.45) is 0 Å². The third-order valence-corrected chi connectivity index (χ3v) is 7.11. The summed E-state index contributed by atoms with van der Waals surface area (Å²) >= 11 is 1.19. The Labute approximate surface area is 183 Å². The number of rotatable bonds is 7. The average molecular weight is 462 g/mol. The molecular weight excluding hydrogens is 441 g/mol. The molecule has 10 heteroatoms. The molecule has 1 saturated carbocycles. The van der Waals surface area contributed by atoms with Gasteiger partial charge in [-0.15, -0.1) is 11.3 Å². The third-order valence-electron chi connectivity index (χ3n) is 4.84. The van der Waals surface area contributed by atoms with Gasteiger partial charge >= 0.3 is 0 Å². The minimum Gasteiger partial charge on any atom is -0.494 e. The Hall–Kier alpha value is -2.82. The van der Waals surface area contributed by atoms with E-state index in [-0.39, 0.29) is 22.3 Å². The lowest BCUT2D eigenvalue weighted by Crippen LogP contribution is -2.26. The number of methoxy groups -OCH3 is 1. The molecule has 31 heavy (non-hydrogen) atoms. The highest BCUT2D eigenvalue weighted by molar-refractivity contribution is 7.89. The number of carbonyl (C=O) groups excluding carboxylic acids is 1. The van der Waals surface area contributed by atoms with E-state index in [1.807, 2.05) is 0 Å². The van der Waals surface area contributed by atoms with Crippen LogP contribution < -0.4 is 14.8 Å². The van der Waals surface area contributed by atoms with E-state index in [4.69, 9.17) is 4.74 Å². The maximum absolute atomic E-state index is 14.0. The van der Waals surface area contributed by atoms with Crippen molar-refractivity contribution in [2.45, 2.75) is 30.7 Å². The molecule has 1 heterocycles. The fourth-order valence-electron chi connectivity index (χ4n) is 2.96. The van der Waals surface area contributed by atoms with Gasteiger partial charge < -0.3 is 4.74 Å². The number of aryl methyl sites for hydroxylation is 1. The molecule has 1 amide bonds. The van der Waals surface area contributed by atoms with Crippen molar-refractivity contribution in [3.05, 3.63) is 58.7 Å². The van der Waals surface area contributed by atoms with Crippen LogP contribution in [0.2, 0.25) is 0 Å². The molecule has 2 N–H and O–H groups in total. The van der Waals surface area contributed by atoms with Gasteiger partial charge in [0.2, 0.25) is 10.0 Å². The van der Waals surface area contributed by atoms with E-state index in [1.165, 1.54) is 42.7 Å². The van der Waals surface area contributed by atoms with Gasteiger partial charge in [-0.05, 0) is 55.7 Å². The van der Waals surface area contributed by atoms with Gasteiger partial charge in [0.15, 0.2) is 16.7 Å². The molecule has 0 aliphatic heterocycles. The van der Waals surface area contributed by atoms with Crippen molar-refractivity contribution in [1.82, 2.24) is 9.71 Å². The molecule has 0 radical (unpaired) electrons. The second-order valence-corrected chi connectivity index (χ2v) is 9.79. The van der Waals surface area contributed by atoms with E-state index in [0.29, 0.717) is 22.0 Å². The molecule has 1 fully saturated rings. The molecule has 7 nitrogen and oxygen atoms in total. The van der Waals surface area contributed by atoms with Gasteiger partial charge in [-0.25, -0.2) is 22.5 Å². The van der Waals surface area contributed by atoms with Crippen molar-refractivity contribution in [3.8, 4) is 17.0 Å². The number of thiazole rings is 1. The smallest absolute Gasteiger partial charge is 0.257 e. The third kappa shape index (κ3) is 4.76. The number of halogens is 1. The van der Waals surface area contributed by atoms with Crippen molar-refractivity contribution in [2.75, 3.05) is 12.4 Å². The fourth-order valence-corrected chi connectivity index (χ4v) is 5.00. The summed E-state index contributed by atoms with van der Waals surface area (Å²) in [6.07, 6.45) is 1.64. The van der Waals surface area contributed by atoms with E-state index in [2.05, 4.69) is 15.0 Å². The molecule has 4 rings (SSSR count). The number of nitrogens with one attached hydrogen (secondary N) is 2. The van der Waals surface area contributed by atoms with E-state index in [1.54, 1.807) is 24.4 Å². The van der Waals surface area contributed by atoms with Crippen molar-refractivity contribution in [1.29, 1.82) is 0 Å². The number of carbonyl (C=O) groups is 1. The Bertz CT molecular complexity index is 1250. The highest BCUT2D eigenvalue weighted by Gasteiger charge is 2.28. The zero-order valence-corrected chi connectivity index (χ0v) is 18.4. The van der Waals surface area contributed by atoms with Crippen LogP contribution in [0.1, 0.15) is 28.8 Å². The normalized spacial score (nSPS) is 13.8. The predicted molar refractivity (Wildman–Crippen MR) is 117 cm³/mol. The zero-order valence-electron chi connectivity index (χ0n) is 16.8. The number of sulfonamides is 1. The average Bonchev–Trinajstić information content (AvgIpc) is 3.41. The van der Waals surface area contributed by atoms with Gasteiger partial charge in [0.25, 0.3) is 5.91 Å². The monoisotopic (exact) mass is 461 g/mol. The van der Waals surface area contributed by atoms with Crippen LogP contribution in [0.25, 0.3) is 11.3 Å². The first-order chi connectivity index (χ1) is 14.8. The van der Waals surface area contributed by atoms with Crippen LogP contribution in [0, 0.1) is 12.7 Å². The van der Waals surface area contributed by atoms with Crippen LogP contribution in [0.4, 0.5) is 9.52 Å². The highest BCUT2D eigenvalue weighted by Crippen LogP contribution is 2.29. The van der Waals surface area contributed by atoms with E-state index < -0.39 is 21.7 Å². The topological polar surface area (TPSA) is 97.4 Å². The number of aromatic nitrogens is 1. The maximum atomic E-state index is 14.0. The van der Waals surface area contributed by atoms with Crippen LogP contribution in [0.3, 0.4) is 0 Å². The van der Waals surface area contributed by atoms with E-state index >= 15 is 0 Å². The number of amides is 1. The molecule has 0 saturated heterocycles. The molecule has 0 unspecified atom stereocenters. The first-order valence-corrected chi connectivity index (χ1v) is 11.9. The number of nitrogens with zero attached hydrogens (tertiary/aromatic N) is 1. The van der Waals surface area contributed by atoms with Crippen LogP contribution in [0.15, 0.2) is 46.7 Å². The van der Waals surface area contributed by atoms with Crippen LogP contribution in [-0.4, -0.2) is 32.5 Å². The molecule has 162 valence electrons. The number of hydrogen-bond acceptors (Lipinski definition) is 6. The van der Waals surface area contributed by atoms with Gasteiger partial charge in [-0.2, -0.15) is 0 Å². The standard InChI is InChI=1S/C21H20FN3O4S2/c1-12-3-7-15(31(27,28)25-14-5-6-14)10-16(12)20(26)24-21-23-18(11-30-21)13-4-8-19(29-2)17(22)9-13/h3-4,7-11,14,25H,5-6H2,1-2H3,(H,23,24,26). The lowest BCUT2D eigenvalue weighted by Gasteiger charge is -2.10. The summed E-state index contributed by atoms with van der Waals surface area (Å²) in [5.41, 5.74) is 1.93. The molecule has 0 spiro atoms. The van der Waals surface area contributed by atoms with E-state index in [9.17, 15) is 17.6 Å². The fraction of sp³-hybridized carbons (Fsp3) is 0.238. The molecular formula is C21H20FN3O4S2. The SMILES string of the molecule is COc1ccc(-c2csc(NC(=O)c3cc(S(=O)(=O)NC4CC4)ccc3C)n2)cc1F.